The van der Waals surface area contributed by atoms with Crippen molar-refractivity contribution in [2.45, 2.75) is 6.92 Å². The number of anilines is 1. The lowest BCUT2D eigenvalue weighted by Crippen LogP contribution is -2.35. The number of rotatable bonds is 4. The molecule has 1 heterocycles. The molecule has 20 heavy (non-hydrogen) atoms. The van der Waals surface area contributed by atoms with Crippen molar-refractivity contribution in [3.63, 3.8) is 0 Å². The van der Waals surface area contributed by atoms with Gasteiger partial charge < -0.3 is 5.11 Å². The summed E-state index contributed by atoms with van der Waals surface area (Å²) < 4.78 is 0.833. The number of halogens is 1. The smallest absolute Gasteiger partial charge is 0.323 e. The molecule has 0 fully saturated rings. The van der Waals surface area contributed by atoms with Gasteiger partial charge in [0.25, 0.3) is 5.91 Å². The van der Waals surface area contributed by atoms with E-state index in [1.165, 1.54) is 16.2 Å². The summed E-state index contributed by atoms with van der Waals surface area (Å²) in [5.41, 5.74) is 2.10. The first-order valence-corrected chi connectivity index (χ1v) is 7.49. The number of carbonyl (C=O) groups excluding carboxylic acids is 1. The van der Waals surface area contributed by atoms with Gasteiger partial charge in [-0.25, -0.2) is 0 Å². The van der Waals surface area contributed by atoms with Gasteiger partial charge in [0, 0.05) is 11.1 Å². The first-order valence-electron chi connectivity index (χ1n) is 5.82. The van der Waals surface area contributed by atoms with Crippen LogP contribution in [0.2, 0.25) is 0 Å². The van der Waals surface area contributed by atoms with Gasteiger partial charge in [-0.3, -0.25) is 14.5 Å². The normalized spacial score (nSPS) is 10.3. The number of aliphatic carboxylic acids is 1. The van der Waals surface area contributed by atoms with Crippen LogP contribution in [0.4, 0.5) is 5.69 Å². The molecule has 2 aromatic rings. The van der Waals surface area contributed by atoms with Crippen LogP contribution in [0.5, 0.6) is 0 Å². The minimum atomic E-state index is -1.05. The third-order valence-corrected chi connectivity index (χ3v) is 4.20. The van der Waals surface area contributed by atoms with E-state index in [0.29, 0.717) is 11.3 Å². The van der Waals surface area contributed by atoms with Crippen molar-refractivity contribution in [3.05, 3.63) is 50.6 Å². The van der Waals surface area contributed by atoms with Crippen LogP contribution in [0.1, 0.15) is 15.9 Å². The number of hydrogen-bond donors (Lipinski definition) is 1. The largest absolute Gasteiger partial charge is 0.480 e. The maximum Gasteiger partial charge on any atom is 0.323 e. The molecule has 2 rings (SSSR count). The van der Waals surface area contributed by atoms with Gasteiger partial charge in [0.05, 0.1) is 9.35 Å². The molecular formula is C14H12BrNO3S. The molecule has 0 unspecified atom stereocenters. The summed E-state index contributed by atoms with van der Waals surface area (Å²) in [6.07, 6.45) is 0. The Balaban J connectivity index is 2.34. The number of aryl methyl sites for hydroxylation is 1. The minimum absolute atomic E-state index is 0.321. The Morgan fingerprint density at radius 1 is 1.30 bits per heavy atom. The first-order chi connectivity index (χ1) is 9.47. The van der Waals surface area contributed by atoms with Crippen LogP contribution in [0.25, 0.3) is 0 Å². The highest BCUT2D eigenvalue weighted by Gasteiger charge is 2.21. The molecule has 1 aromatic carbocycles. The number of carboxylic acids is 1. The minimum Gasteiger partial charge on any atom is -0.480 e. The second-order valence-electron chi connectivity index (χ2n) is 4.26. The molecule has 0 aliphatic carbocycles. The summed E-state index contributed by atoms with van der Waals surface area (Å²) in [6.45, 7) is 1.57. The summed E-state index contributed by atoms with van der Waals surface area (Å²) in [5, 5.41) is 10.7. The van der Waals surface area contributed by atoms with Crippen LogP contribution >= 0.6 is 27.3 Å². The van der Waals surface area contributed by atoms with Crippen molar-refractivity contribution in [1.82, 2.24) is 0 Å². The lowest BCUT2D eigenvalue weighted by Gasteiger charge is -2.20. The van der Waals surface area contributed by atoms with Gasteiger partial charge in [0.2, 0.25) is 0 Å². The van der Waals surface area contributed by atoms with Crippen molar-refractivity contribution >= 4 is 44.8 Å². The second kappa shape index (κ2) is 6.19. The first kappa shape index (κ1) is 14.7. The topological polar surface area (TPSA) is 57.6 Å². The molecule has 0 atom stereocenters. The van der Waals surface area contributed by atoms with E-state index in [1.54, 1.807) is 23.6 Å². The Bertz CT molecular complexity index is 636. The molecule has 0 spiro atoms. The molecular weight excluding hydrogens is 342 g/mol. The third kappa shape index (κ3) is 3.46. The van der Waals surface area contributed by atoms with Gasteiger partial charge in [0.15, 0.2) is 0 Å². The number of carboxylic acid groups (broad SMARTS) is 1. The molecule has 0 saturated heterocycles. The van der Waals surface area contributed by atoms with Crippen LogP contribution in [-0.4, -0.2) is 23.5 Å². The van der Waals surface area contributed by atoms with Crippen LogP contribution in [0.3, 0.4) is 0 Å². The van der Waals surface area contributed by atoms with Crippen molar-refractivity contribution in [3.8, 4) is 0 Å². The van der Waals surface area contributed by atoms with E-state index >= 15 is 0 Å². The Hall–Kier alpha value is -1.66. The monoisotopic (exact) mass is 353 g/mol. The van der Waals surface area contributed by atoms with Gasteiger partial charge in [-0.2, -0.15) is 0 Å². The molecule has 4 nitrogen and oxygen atoms in total. The highest BCUT2D eigenvalue weighted by Crippen LogP contribution is 2.24. The van der Waals surface area contributed by atoms with Crippen LogP contribution in [-0.2, 0) is 4.79 Å². The average Bonchev–Trinajstić information content (AvgIpc) is 2.83. The summed E-state index contributed by atoms with van der Waals surface area (Å²) >= 11 is 4.69. The van der Waals surface area contributed by atoms with Gasteiger partial charge in [-0.05, 0) is 41.1 Å². The fourth-order valence-electron chi connectivity index (χ4n) is 1.72. The Labute approximate surface area is 128 Å². The number of nitrogens with zero attached hydrogens (tertiary/aromatic N) is 1. The molecule has 104 valence electrons. The summed E-state index contributed by atoms with van der Waals surface area (Å²) in [5.74, 6) is -1.37. The second-order valence-corrected chi connectivity index (χ2v) is 6.55. The number of hydrogen-bond acceptors (Lipinski definition) is 3. The summed E-state index contributed by atoms with van der Waals surface area (Å²) in [6, 6.07) is 8.88. The van der Waals surface area contributed by atoms with Crippen LogP contribution in [0.15, 0.2) is 39.5 Å². The van der Waals surface area contributed by atoms with Crippen molar-refractivity contribution < 1.29 is 14.7 Å². The number of amides is 1. The third-order valence-electron chi connectivity index (χ3n) is 2.70. The summed E-state index contributed by atoms with van der Waals surface area (Å²) in [4.78, 5) is 24.7. The molecule has 0 radical (unpaired) electrons. The van der Waals surface area contributed by atoms with E-state index in [1.807, 2.05) is 19.1 Å². The Morgan fingerprint density at radius 3 is 2.45 bits per heavy atom. The van der Waals surface area contributed by atoms with E-state index in [-0.39, 0.29) is 12.5 Å². The molecule has 1 amide bonds. The summed E-state index contributed by atoms with van der Waals surface area (Å²) in [7, 11) is 0. The predicted molar refractivity (Wildman–Crippen MR) is 82.5 cm³/mol. The van der Waals surface area contributed by atoms with Crippen LogP contribution in [0, 0.1) is 6.92 Å². The van der Waals surface area contributed by atoms with Crippen LogP contribution < -0.4 is 4.90 Å². The SMILES string of the molecule is Cc1ccc(N(CC(=O)O)C(=O)c2csc(Br)c2)cc1. The van der Waals surface area contributed by atoms with Crippen molar-refractivity contribution in [1.29, 1.82) is 0 Å². The fourth-order valence-corrected chi connectivity index (χ4v) is 2.85. The molecule has 0 bridgehead atoms. The van der Waals surface area contributed by atoms with E-state index in [4.69, 9.17) is 5.11 Å². The molecule has 0 saturated carbocycles. The highest BCUT2D eigenvalue weighted by molar-refractivity contribution is 9.11. The standard InChI is InChI=1S/C14H12BrNO3S/c1-9-2-4-11(5-3-9)16(7-13(17)18)14(19)10-6-12(15)20-8-10/h2-6,8H,7H2,1H3,(H,17,18). The molecule has 6 heteroatoms. The zero-order valence-electron chi connectivity index (χ0n) is 10.7. The Morgan fingerprint density at radius 2 is 1.95 bits per heavy atom. The van der Waals surface area contributed by atoms with Crippen molar-refractivity contribution in [2.24, 2.45) is 0 Å². The van der Waals surface area contributed by atoms with Gasteiger partial charge in [-0.15, -0.1) is 11.3 Å². The maximum absolute atomic E-state index is 12.4. The zero-order valence-corrected chi connectivity index (χ0v) is 13.1. The number of thiophene rings is 1. The maximum atomic E-state index is 12.4. The van der Waals surface area contributed by atoms with E-state index in [9.17, 15) is 9.59 Å². The van der Waals surface area contributed by atoms with Crippen molar-refractivity contribution in [2.75, 3.05) is 11.4 Å². The van der Waals surface area contributed by atoms with Gasteiger partial charge >= 0.3 is 5.97 Å². The molecule has 0 aliphatic heterocycles. The molecule has 0 aliphatic rings. The van der Waals surface area contributed by atoms with E-state index < -0.39 is 5.97 Å². The van der Waals surface area contributed by atoms with E-state index in [0.717, 1.165) is 9.35 Å². The number of benzene rings is 1. The number of carbonyl (C=O) groups is 2. The predicted octanol–water partition coefficient (Wildman–Crippen LogP) is 3.55. The fraction of sp³-hybridized carbons (Fsp3) is 0.143. The average molecular weight is 354 g/mol. The molecule has 1 aromatic heterocycles. The molecule has 1 N–H and O–H groups in total. The lowest BCUT2D eigenvalue weighted by atomic mass is 10.2. The Kier molecular flexibility index (Phi) is 4.57. The van der Waals surface area contributed by atoms with Gasteiger partial charge in [0.1, 0.15) is 6.54 Å². The quantitative estimate of drug-likeness (QED) is 0.914. The highest BCUT2D eigenvalue weighted by atomic mass is 79.9. The van der Waals surface area contributed by atoms with Gasteiger partial charge in [-0.1, -0.05) is 17.7 Å². The zero-order chi connectivity index (χ0) is 14.7. The van der Waals surface area contributed by atoms with E-state index in [2.05, 4.69) is 15.9 Å². The lowest BCUT2D eigenvalue weighted by molar-refractivity contribution is -0.135.